The minimum Gasteiger partial charge on any atom is -0.399 e. The van der Waals surface area contributed by atoms with Gasteiger partial charge in [0.1, 0.15) is 11.1 Å². The smallest absolute Gasteiger partial charge is 0.235 e. The van der Waals surface area contributed by atoms with Crippen molar-refractivity contribution < 1.29 is 4.79 Å². The van der Waals surface area contributed by atoms with Crippen LogP contribution in [-0.4, -0.2) is 11.7 Å². The van der Waals surface area contributed by atoms with Crippen LogP contribution >= 0.6 is 23.1 Å². The Morgan fingerprint density at radius 2 is 2.22 bits per heavy atom. The summed E-state index contributed by atoms with van der Waals surface area (Å²) in [5, 5.41) is 13.0. The molecule has 118 valence electrons. The van der Waals surface area contributed by atoms with Crippen molar-refractivity contribution in [1.82, 2.24) is 0 Å². The Balaban J connectivity index is 1.66. The van der Waals surface area contributed by atoms with Crippen molar-refractivity contribution in [2.75, 3.05) is 16.8 Å². The van der Waals surface area contributed by atoms with Gasteiger partial charge in [0.25, 0.3) is 0 Å². The molecule has 0 spiro atoms. The van der Waals surface area contributed by atoms with E-state index < -0.39 is 0 Å². The number of carbonyl (C=O) groups is 1. The summed E-state index contributed by atoms with van der Waals surface area (Å²) < 4.78 is 0. The number of amides is 1. The average Bonchev–Trinajstić information content (AvgIpc) is 2.90. The molecule has 0 aliphatic heterocycles. The van der Waals surface area contributed by atoms with Crippen LogP contribution in [0.15, 0.2) is 29.2 Å². The van der Waals surface area contributed by atoms with Gasteiger partial charge in [0.2, 0.25) is 5.91 Å². The molecule has 0 bridgehead atoms. The zero-order valence-corrected chi connectivity index (χ0v) is 14.2. The third kappa shape index (κ3) is 3.69. The lowest BCUT2D eigenvalue weighted by molar-refractivity contribution is -0.113. The van der Waals surface area contributed by atoms with E-state index in [1.54, 1.807) is 11.3 Å². The summed E-state index contributed by atoms with van der Waals surface area (Å²) >= 11 is 3.00. The van der Waals surface area contributed by atoms with Crippen molar-refractivity contribution in [3.8, 4) is 6.07 Å². The van der Waals surface area contributed by atoms with Crippen LogP contribution in [-0.2, 0) is 17.6 Å². The van der Waals surface area contributed by atoms with E-state index in [1.807, 2.05) is 24.3 Å². The van der Waals surface area contributed by atoms with Crippen LogP contribution in [0.2, 0.25) is 0 Å². The van der Waals surface area contributed by atoms with Crippen molar-refractivity contribution in [2.45, 2.75) is 30.6 Å². The molecule has 3 N–H and O–H groups in total. The predicted octanol–water partition coefficient (Wildman–Crippen LogP) is 3.81. The molecule has 1 aromatic carbocycles. The van der Waals surface area contributed by atoms with Crippen molar-refractivity contribution >= 4 is 39.7 Å². The number of rotatable bonds is 4. The average molecular weight is 343 g/mol. The molecule has 1 aromatic heterocycles. The van der Waals surface area contributed by atoms with Crippen molar-refractivity contribution in [2.24, 2.45) is 0 Å². The van der Waals surface area contributed by atoms with Gasteiger partial charge in [0, 0.05) is 15.5 Å². The number of nitriles is 1. The van der Waals surface area contributed by atoms with Crippen LogP contribution in [0.4, 0.5) is 10.7 Å². The van der Waals surface area contributed by atoms with Crippen molar-refractivity contribution in [3.63, 3.8) is 0 Å². The van der Waals surface area contributed by atoms with E-state index in [0.717, 1.165) is 36.1 Å². The van der Waals surface area contributed by atoms with E-state index >= 15 is 0 Å². The van der Waals surface area contributed by atoms with Crippen LogP contribution in [0.5, 0.6) is 0 Å². The van der Waals surface area contributed by atoms with Gasteiger partial charge < -0.3 is 11.1 Å². The maximum Gasteiger partial charge on any atom is 0.235 e. The molecule has 2 aromatic rings. The Labute approximate surface area is 143 Å². The van der Waals surface area contributed by atoms with E-state index in [9.17, 15) is 10.1 Å². The molecule has 1 aliphatic rings. The fourth-order valence-corrected chi connectivity index (χ4v) is 4.71. The molecule has 1 heterocycles. The Morgan fingerprint density at radius 3 is 3.00 bits per heavy atom. The summed E-state index contributed by atoms with van der Waals surface area (Å²) in [6, 6.07) is 9.73. The monoisotopic (exact) mass is 343 g/mol. The molecule has 0 unspecified atom stereocenters. The number of anilines is 2. The molecule has 3 rings (SSSR count). The summed E-state index contributed by atoms with van der Waals surface area (Å²) in [6.07, 6.45) is 4.25. The number of aryl methyl sites for hydroxylation is 1. The number of fused-ring (bicyclic) bond motifs is 1. The number of nitrogens with two attached hydrogens (primary N) is 1. The molecule has 23 heavy (non-hydrogen) atoms. The van der Waals surface area contributed by atoms with Gasteiger partial charge >= 0.3 is 0 Å². The third-order valence-electron chi connectivity index (χ3n) is 3.76. The first-order chi connectivity index (χ1) is 11.2. The van der Waals surface area contributed by atoms with Gasteiger partial charge in [-0.25, -0.2) is 0 Å². The summed E-state index contributed by atoms with van der Waals surface area (Å²) in [7, 11) is 0. The molecule has 4 nitrogen and oxygen atoms in total. The zero-order valence-electron chi connectivity index (χ0n) is 12.6. The number of nitrogens with one attached hydrogen (secondary N) is 1. The van der Waals surface area contributed by atoms with Gasteiger partial charge in [-0.3, -0.25) is 4.79 Å². The number of hydrogen-bond donors (Lipinski definition) is 2. The fraction of sp³-hybridized carbons (Fsp3) is 0.294. The van der Waals surface area contributed by atoms with Gasteiger partial charge in [-0.1, -0.05) is 6.07 Å². The molecule has 0 radical (unpaired) electrons. The second-order valence-electron chi connectivity index (χ2n) is 5.44. The lowest BCUT2D eigenvalue weighted by atomic mass is 9.96. The highest BCUT2D eigenvalue weighted by atomic mass is 32.2. The number of nitrogens with zero attached hydrogens (tertiary/aromatic N) is 1. The van der Waals surface area contributed by atoms with Crippen LogP contribution < -0.4 is 11.1 Å². The molecule has 0 fully saturated rings. The second-order valence-corrected chi connectivity index (χ2v) is 7.59. The Bertz CT molecular complexity index is 777. The van der Waals surface area contributed by atoms with Crippen LogP contribution in [0.25, 0.3) is 0 Å². The lowest BCUT2D eigenvalue weighted by Gasteiger charge is -2.09. The SMILES string of the molecule is N#Cc1c(NC(=O)CSc2cccc(N)c2)sc2c1CCCC2. The van der Waals surface area contributed by atoms with Crippen LogP contribution in [0.1, 0.15) is 28.8 Å². The van der Waals surface area contributed by atoms with Gasteiger partial charge in [0.15, 0.2) is 0 Å². The second kappa shape index (κ2) is 7.07. The Hall–Kier alpha value is -1.97. The maximum absolute atomic E-state index is 12.2. The number of thioether (sulfide) groups is 1. The van der Waals surface area contributed by atoms with Gasteiger partial charge in [-0.15, -0.1) is 23.1 Å². The third-order valence-corrected chi connectivity index (χ3v) is 5.97. The van der Waals surface area contributed by atoms with E-state index in [2.05, 4.69) is 11.4 Å². The van der Waals surface area contributed by atoms with E-state index in [0.29, 0.717) is 22.0 Å². The minimum absolute atomic E-state index is 0.0903. The number of hydrogen-bond acceptors (Lipinski definition) is 5. The summed E-state index contributed by atoms with van der Waals surface area (Å²) in [4.78, 5) is 14.4. The van der Waals surface area contributed by atoms with Gasteiger partial charge in [-0.2, -0.15) is 5.26 Å². The molecule has 6 heteroatoms. The highest BCUT2D eigenvalue weighted by molar-refractivity contribution is 8.00. The van der Waals surface area contributed by atoms with E-state index in [1.165, 1.54) is 16.6 Å². The minimum atomic E-state index is -0.0903. The fourth-order valence-electron chi connectivity index (χ4n) is 2.69. The standard InChI is InChI=1S/C17H17N3OS2/c18-9-14-13-6-1-2-7-15(13)23-17(14)20-16(21)10-22-12-5-3-4-11(19)8-12/h3-5,8H,1-2,6-7,10,19H2,(H,20,21). The van der Waals surface area contributed by atoms with Gasteiger partial charge in [0.05, 0.1) is 11.3 Å². The first-order valence-corrected chi connectivity index (χ1v) is 9.30. The first kappa shape index (κ1) is 15.9. The quantitative estimate of drug-likeness (QED) is 0.653. The number of benzene rings is 1. The predicted molar refractivity (Wildman–Crippen MR) is 95.9 cm³/mol. The van der Waals surface area contributed by atoms with E-state index in [4.69, 9.17) is 5.73 Å². The molecular formula is C17H17N3OS2. The van der Waals surface area contributed by atoms with Crippen LogP contribution in [0.3, 0.4) is 0 Å². The Kier molecular flexibility index (Phi) is 4.89. The molecule has 0 saturated heterocycles. The highest BCUT2D eigenvalue weighted by Gasteiger charge is 2.21. The molecule has 1 amide bonds. The van der Waals surface area contributed by atoms with Gasteiger partial charge in [-0.05, 0) is 49.4 Å². The summed E-state index contributed by atoms with van der Waals surface area (Å²) in [6.45, 7) is 0. The topological polar surface area (TPSA) is 78.9 Å². The largest absolute Gasteiger partial charge is 0.399 e. The van der Waals surface area contributed by atoms with Crippen molar-refractivity contribution in [1.29, 1.82) is 5.26 Å². The maximum atomic E-state index is 12.2. The van der Waals surface area contributed by atoms with Crippen molar-refractivity contribution in [3.05, 3.63) is 40.3 Å². The zero-order chi connectivity index (χ0) is 16.2. The number of carbonyl (C=O) groups excluding carboxylic acids is 1. The lowest BCUT2D eigenvalue weighted by Crippen LogP contribution is -2.14. The first-order valence-electron chi connectivity index (χ1n) is 7.50. The summed E-state index contributed by atoms with van der Waals surface area (Å²) in [5.41, 5.74) is 8.22. The molecule has 1 aliphatic carbocycles. The molecule has 0 saturated carbocycles. The summed E-state index contributed by atoms with van der Waals surface area (Å²) in [5.74, 6) is 0.212. The normalized spacial score (nSPS) is 13.2. The Morgan fingerprint density at radius 1 is 1.39 bits per heavy atom. The van der Waals surface area contributed by atoms with E-state index in [-0.39, 0.29) is 5.91 Å². The number of nitrogen functional groups attached to an aromatic ring is 1. The van der Waals surface area contributed by atoms with Crippen LogP contribution in [0, 0.1) is 11.3 Å². The number of thiophene rings is 1. The highest BCUT2D eigenvalue weighted by Crippen LogP contribution is 2.37. The molecule has 0 atom stereocenters. The molecular weight excluding hydrogens is 326 g/mol.